The number of carbonyl (C=O) groups excluding carboxylic acids is 1. The van der Waals surface area contributed by atoms with E-state index in [-0.39, 0.29) is 11.9 Å². The van der Waals surface area contributed by atoms with Crippen LogP contribution in [0.3, 0.4) is 0 Å². The molecule has 0 saturated carbocycles. The molecule has 0 unspecified atom stereocenters. The van der Waals surface area contributed by atoms with Gasteiger partial charge in [0.2, 0.25) is 6.29 Å². The van der Waals surface area contributed by atoms with Crippen LogP contribution in [0.1, 0.15) is 24.9 Å². The van der Waals surface area contributed by atoms with Gasteiger partial charge in [-0.3, -0.25) is 4.79 Å². The van der Waals surface area contributed by atoms with Gasteiger partial charge in [-0.1, -0.05) is 30.3 Å². The molecule has 1 aliphatic rings. The fourth-order valence-corrected chi connectivity index (χ4v) is 2.55. The summed E-state index contributed by atoms with van der Waals surface area (Å²) < 4.78 is 18.3. The van der Waals surface area contributed by atoms with Crippen LogP contribution in [-0.2, 0) is 14.4 Å². The normalized spacial score (nSPS) is 20.9. The summed E-state index contributed by atoms with van der Waals surface area (Å²) in [6.45, 7) is 1.35. The van der Waals surface area contributed by atoms with Crippen molar-refractivity contribution in [1.29, 1.82) is 0 Å². The van der Waals surface area contributed by atoms with Crippen LogP contribution in [0.4, 0.5) is 10.1 Å². The number of nitrogens with zero attached hydrogens (tertiary/aromatic N) is 1. The molecule has 1 fully saturated rings. The first-order chi connectivity index (χ1) is 10.6. The number of hydrogen-bond donors (Lipinski definition) is 0. The van der Waals surface area contributed by atoms with Gasteiger partial charge in [0.1, 0.15) is 5.82 Å². The summed E-state index contributed by atoms with van der Waals surface area (Å²) in [6, 6.07) is 15.7. The van der Waals surface area contributed by atoms with Crippen LogP contribution < -0.4 is 5.06 Å². The van der Waals surface area contributed by atoms with E-state index in [1.54, 1.807) is 17.2 Å². The Balaban J connectivity index is 1.89. The minimum absolute atomic E-state index is 0.146. The van der Waals surface area contributed by atoms with Crippen molar-refractivity contribution in [2.24, 2.45) is 0 Å². The molecule has 22 heavy (non-hydrogen) atoms. The number of hydrogen-bond acceptors (Lipinski definition) is 4. The average molecular weight is 301 g/mol. The van der Waals surface area contributed by atoms with E-state index >= 15 is 0 Å². The quantitative estimate of drug-likeness (QED) is 0.812. The molecular formula is C17H16FNO3. The van der Waals surface area contributed by atoms with Crippen LogP contribution in [0.15, 0.2) is 54.6 Å². The molecule has 0 amide bonds. The number of anilines is 1. The summed E-state index contributed by atoms with van der Waals surface area (Å²) in [5.74, 6) is -0.678. The zero-order chi connectivity index (χ0) is 15.5. The third kappa shape index (κ3) is 3.09. The lowest BCUT2D eigenvalue weighted by molar-refractivity contribution is -0.168. The Morgan fingerprint density at radius 3 is 2.50 bits per heavy atom. The number of carbonyl (C=O) groups is 1. The fourth-order valence-electron chi connectivity index (χ4n) is 2.55. The summed E-state index contributed by atoms with van der Waals surface area (Å²) >= 11 is 0. The van der Waals surface area contributed by atoms with Gasteiger partial charge in [0.15, 0.2) is 0 Å². The molecule has 2 aromatic rings. The molecule has 4 nitrogen and oxygen atoms in total. The smallest absolute Gasteiger partial charge is 0.305 e. The molecule has 0 aliphatic carbocycles. The van der Waals surface area contributed by atoms with E-state index in [2.05, 4.69) is 0 Å². The Bertz CT molecular complexity index is 645. The third-order valence-corrected chi connectivity index (χ3v) is 3.49. The molecule has 0 aromatic heterocycles. The fraction of sp³-hybridized carbons (Fsp3) is 0.235. The van der Waals surface area contributed by atoms with E-state index in [1.807, 2.05) is 30.3 Å². The van der Waals surface area contributed by atoms with E-state index in [0.717, 1.165) is 11.3 Å². The first kappa shape index (κ1) is 14.5. The van der Waals surface area contributed by atoms with Gasteiger partial charge in [0, 0.05) is 13.3 Å². The molecule has 0 bridgehead atoms. The maximum Gasteiger partial charge on any atom is 0.305 e. The van der Waals surface area contributed by atoms with Crippen molar-refractivity contribution < 1.29 is 18.8 Å². The number of hydroxylamine groups is 1. The van der Waals surface area contributed by atoms with Crippen molar-refractivity contribution in [2.75, 3.05) is 5.06 Å². The molecule has 3 rings (SSSR count). The highest BCUT2D eigenvalue weighted by atomic mass is 19.1. The van der Waals surface area contributed by atoms with Gasteiger partial charge < -0.3 is 4.74 Å². The topological polar surface area (TPSA) is 38.8 Å². The highest BCUT2D eigenvalue weighted by Gasteiger charge is 2.36. The lowest BCUT2D eigenvalue weighted by Gasteiger charge is -2.24. The van der Waals surface area contributed by atoms with Crippen LogP contribution in [-0.4, -0.2) is 12.3 Å². The van der Waals surface area contributed by atoms with Crippen molar-refractivity contribution in [2.45, 2.75) is 25.7 Å². The van der Waals surface area contributed by atoms with Gasteiger partial charge in [-0.05, 0) is 29.8 Å². The van der Waals surface area contributed by atoms with Crippen LogP contribution in [0.5, 0.6) is 0 Å². The molecule has 0 spiro atoms. The summed E-state index contributed by atoms with van der Waals surface area (Å²) in [4.78, 5) is 16.9. The lowest BCUT2D eigenvalue weighted by atomic mass is 10.0. The number of ether oxygens (including phenoxy) is 1. The zero-order valence-corrected chi connectivity index (χ0v) is 12.1. The number of para-hydroxylation sites is 1. The molecule has 5 heteroatoms. The monoisotopic (exact) mass is 301 g/mol. The summed E-state index contributed by atoms with van der Waals surface area (Å²) in [7, 11) is 0. The molecule has 0 radical (unpaired) electrons. The van der Waals surface area contributed by atoms with Gasteiger partial charge in [-0.2, -0.15) is 0 Å². The zero-order valence-electron chi connectivity index (χ0n) is 12.1. The van der Waals surface area contributed by atoms with Crippen molar-refractivity contribution in [3.63, 3.8) is 0 Å². The molecule has 1 saturated heterocycles. The van der Waals surface area contributed by atoms with E-state index in [9.17, 15) is 9.18 Å². The highest BCUT2D eigenvalue weighted by Crippen LogP contribution is 2.38. The van der Waals surface area contributed by atoms with E-state index in [0.29, 0.717) is 6.42 Å². The Morgan fingerprint density at radius 2 is 1.86 bits per heavy atom. The van der Waals surface area contributed by atoms with Gasteiger partial charge in [0.05, 0.1) is 11.7 Å². The Morgan fingerprint density at radius 1 is 1.18 bits per heavy atom. The molecule has 1 heterocycles. The highest BCUT2D eigenvalue weighted by molar-refractivity contribution is 5.66. The first-order valence-electron chi connectivity index (χ1n) is 7.07. The Hall–Kier alpha value is -2.40. The second-order valence-corrected chi connectivity index (χ2v) is 5.11. The number of esters is 1. The van der Waals surface area contributed by atoms with Crippen LogP contribution in [0.2, 0.25) is 0 Å². The minimum atomic E-state index is -0.646. The van der Waals surface area contributed by atoms with Crippen molar-refractivity contribution in [3.8, 4) is 0 Å². The van der Waals surface area contributed by atoms with Crippen LogP contribution in [0.25, 0.3) is 0 Å². The number of benzene rings is 2. The second-order valence-electron chi connectivity index (χ2n) is 5.11. The second kappa shape index (κ2) is 6.15. The first-order valence-corrected chi connectivity index (χ1v) is 7.07. The van der Waals surface area contributed by atoms with Crippen molar-refractivity contribution in [1.82, 2.24) is 0 Å². The lowest BCUT2D eigenvalue weighted by Crippen LogP contribution is -2.23. The molecule has 2 atom stereocenters. The SMILES string of the molecule is CC(=O)O[C@H]1C[C@@H](c2ccc(F)cc2)N(c2ccccc2)O1. The van der Waals surface area contributed by atoms with Crippen LogP contribution >= 0.6 is 0 Å². The summed E-state index contributed by atoms with van der Waals surface area (Å²) in [5.41, 5.74) is 1.76. The maximum absolute atomic E-state index is 13.1. The largest absolute Gasteiger partial charge is 0.434 e. The number of rotatable bonds is 3. The molecule has 0 N–H and O–H groups in total. The van der Waals surface area contributed by atoms with E-state index < -0.39 is 12.3 Å². The Labute approximate surface area is 128 Å². The van der Waals surface area contributed by atoms with E-state index in [1.165, 1.54) is 19.1 Å². The maximum atomic E-state index is 13.1. The van der Waals surface area contributed by atoms with Crippen molar-refractivity contribution in [3.05, 3.63) is 66.0 Å². The Kier molecular flexibility index (Phi) is 4.06. The third-order valence-electron chi connectivity index (χ3n) is 3.49. The van der Waals surface area contributed by atoms with Gasteiger partial charge in [0.25, 0.3) is 0 Å². The predicted molar refractivity (Wildman–Crippen MR) is 79.3 cm³/mol. The summed E-state index contributed by atoms with van der Waals surface area (Å²) in [5, 5.41) is 1.71. The average Bonchev–Trinajstić information content (AvgIpc) is 2.92. The molecular weight excluding hydrogens is 285 g/mol. The molecule has 2 aromatic carbocycles. The standard InChI is InChI=1S/C17H16FNO3/c1-12(20)21-17-11-16(13-7-9-14(18)10-8-13)19(22-17)15-5-3-2-4-6-15/h2-10,16-17H,11H2,1H3/t16-,17+/m0/s1. The van der Waals surface area contributed by atoms with Gasteiger partial charge in [-0.25, -0.2) is 14.3 Å². The summed E-state index contributed by atoms with van der Waals surface area (Å²) in [6.07, 6.45) is -0.159. The molecule has 1 aliphatic heterocycles. The predicted octanol–water partition coefficient (Wildman–Crippen LogP) is 3.60. The van der Waals surface area contributed by atoms with Gasteiger partial charge in [-0.15, -0.1) is 0 Å². The number of halogens is 1. The van der Waals surface area contributed by atoms with Crippen molar-refractivity contribution >= 4 is 11.7 Å². The van der Waals surface area contributed by atoms with Gasteiger partial charge >= 0.3 is 5.97 Å². The van der Waals surface area contributed by atoms with Crippen LogP contribution in [0, 0.1) is 5.82 Å². The minimum Gasteiger partial charge on any atom is -0.434 e. The molecule has 114 valence electrons. The van der Waals surface area contributed by atoms with E-state index in [4.69, 9.17) is 9.57 Å².